The van der Waals surface area contributed by atoms with E-state index in [1.807, 2.05) is 0 Å². The highest BCUT2D eigenvalue weighted by Crippen LogP contribution is 2.24. The SMILES string of the molecule is CCCCCC(C)(C)NC1CC1. The minimum atomic E-state index is 0.385. The maximum absolute atomic E-state index is 3.69. The Morgan fingerprint density at radius 3 is 2.42 bits per heavy atom. The van der Waals surface area contributed by atoms with Gasteiger partial charge in [-0.15, -0.1) is 0 Å². The van der Waals surface area contributed by atoms with E-state index < -0.39 is 0 Å². The summed E-state index contributed by atoms with van der Waals surface area (Å²) >= 11 is 0. The van der Waals surface area contributed by atoms with Gasteiger partial charge in [-0.3, -0.25) is 0 Å². The monoisotopic (exact) mass is 169 g/mol. The van der Waals surface area contributed by atoms with Crippen LogP contribution in [0.15, 0.2) is 0 Å². The Morgan fingerprint density at radius 2 is 1.92 bits per heavy atom. The molecule has 0 aliphatic heterocycles. The lowest BCUT2D eigenvalue weighted by atomic mass is 9.96. The molecule has 1 heteroatoms. The average Bonchev–Trinajstić information content (AvgIpc) is 2.71. The molecule has 12 heavy (non-hydrogen) atoms. The number of nitrogens with one attached hydrogen (secondary N) is 1. The topological polar surface area (TPSA) is 12.0 Å². The summed E-state index contributed by atoms with van der Waals surface area (Å²) in [6, 6.07) is 0.849. The molecule has 1 nitrogen and oxygen atoms in total. The fourth-order valence-electron chi connectivity index (χ4n) is 1.67. The van der Waals surface area contributed by atoms with Crippen LogP contribution in [0.3, 0.4) is 0 Å². The zero-order valence-electron chi connectivity index (χ0n) is 8.82. The van der Waals surface area contributed by atoms with Crippen molar-refractivity contribution in [2.24, 2.45) is 0 Å². The summed E-state index contributed by atoms with van der Waals surface area (Å²) in [5, 5.41) is 3.69. The molecule has 0 aromatic carbocycles. The van der Waals surface area contributed by atoms with Crippen molar-refractivity contribution in [1.29, 1.82) is 0 Å². The molecule has 1 rings (SSSR count). The van der Waals surface area contributed by atoms with Gasteiger partial charge < -0.3 is 5.32 Å². The zero-order chi connectivity index (χ0) is 9.03. The van der Waals surface area contributed by atoms with E-state index in [0.29, 0.717) is 5.54 Å². The van der Waals surface area contributed by atoms with Crippen LogP contribution in [0.2, 0.25) is 0 Å². The first-order valence-electron chi connectivity index (χ1n) is 5.42. The van der Waals surface area contributed by atoms with Crippen LogP contribution < -0.4 is 5.32 Å². The van der Waals surface area contributed by atoms with Gasteiger partial charge in [0.05, 0.1) is 0 Å². The average molecular weight is 169 g/mol. The van der Waals surface area contributed by atoms with Gasteiger partial charge in [0.2, 0.25) is 0 Å². The van der Waals surface area contributed by atoms with Crippen molar-refractivity contribution in [3.63, 3.8) is 0 Å². The Labute approximate surface area is 76.9 Å². The molecular weight excluding hydrogens is 146 g/mol. The molecule has 0 spiro atoms. The van der Waals surface area contributed by atoms with Crippen LogP contribution >= 0.6 is 0 Å². The Kier molecular flexibility index (Phi) is 3.57. The third-order valence-electron chi connectivity index (χ3n) is 2.58. The molecule has 0 heterocycles. The lowest BCUT2D eigenvalue weighted by Crippen LogP contribution is -2.40. The van der Waals surface area contributed by atoms with E-state index >= 15 is 0 Å². The predicted octanol–water partition coefficient (Wildman–Crippen LogP) is 3.10. The first-order chi connectivity index (χ1) is 5.64. The van der Waals surface area contributed by atoms with E-state index in [-0.39, 0.29) is 0 Å². The second-order valence-corrected chi connectivity index (χ2v) is 4.76. The van der Waals surface area contributed by atoms with Crippen LogP contribution in [0.25, 0.3) is 0 Å². The van der Waals surface area contributed by atoms with Gasteiger partial charge in [0.1, 0.15) is 0 Å². The highest BCUT2D eigenvalue weighted by atomic mass is 15.0. The number of hydrogen-bond acceptors (Lipinski definition) is 1. The van der Waals surface area contributed by atoms with Crippen LogP contribution in [-0.2, 0) is 0 Å². The van der Waals surface area contributed by atoms with E-state index in [0.717, 1.165) is 6.04 Å². The van der Waals surface area contributed by atoms with Gasteiger partial charge in [0.15, 0.2) is 0 Å². The summed E-state index contributed by atoms with van der Waals surface area (Å²) in [6.07, 6.45) is 8.23. The summed E-state index contributed by atoms with van der Waals surface area (Å²) in [7, 11) is 0. The lowest BCUT2D eigenvalue weighted by Gasteiger charge is -2.26. The van der Waals surface area contributed by atoms with Crippen molar-refractivity contribution in [2.45, 2.75) is 70.9 Å². The van der Waals surface area contributed by atoms with E-state index in [2.05, 4.69) is 26.1 Å². The minimum Gasteiger partial charge on any atom is -0.309 e. The molecule has 0 aromatic heterocycles. The van der Waals surface area contributed by atoms with E-state index in [9.17, 15) is 0 Å². The minimum absolute atomic E-state index is 0.385. The molecule has 1 saturated carbocycles. The second kappa shape index (κ2) is 4.27. The van der Waals surface area contributed by atoms with Crippen LogP contribution in [0, 0.1) is 0 Å². The molecule has 0 unspecified atom stereocenters. The van der Waals surface area contributed by atoms with Crippen LogP contribution in [-0.4, -0.2) is 11.6 Å². The Morgan fingerprint density at radius 1 is 1.25 bits per heavy atom. The van der Waals surface area contributed by atoms with E-state index in [1.54, 1.807) is 0 Å². The molecule has 0 atom stereocenters. The summed E-state index contributed by atoms with van der Waals surface area (Å²) < 4.78 is 0. The van der Waals surface area contributed by atoms with Crippen molar-refractivity contribution in [3.05, 3.63) is 0 Å². The highest BCUT2D eigenvalue weighted by molar-refractivity contribution is 4.89. The van der Waals surface area contributed by atoms with Crippen molar-refractivity contribution in [2.75, 3.05) is 0 Å². The predicted molar refractivity (Wildman–Crippen MR) is 54.4 cm³/mol. The van der Waals surface area contributed by atoms with Crippen LogP contribution in [0.1, 0.15) is 59.3 Å². The summed E-state index contributed by atoms with van der Waals surface area (Å²) in [5.41, 5.74) is 0.385. The molecule has 72 valence electrons. The summed E-state index contributed by atoms with van der Waals surface area (Å²) in [6.45, 7) is 6.93. The zero-order valence-corrected chi connectivity index (χ0v) is 8.82. The Balaban J connectivity index is 2.08. The molecule has 0 radical (unpaired) electrons. The molecule has 0 saturated heterocycles. The number of rotatable bonds is 6. The van der Waals surface area contributed by atoms with Gasteiger partial charge in [-0.2, -0.15) is 0 Å². The third kappa shape index (κ3) is 4.10. The van der Waals surface area contributed by atoms with Gasteiger partial charge in [0.25, 0.3) is 0 Å². The van der Waals surface area contributed by atoms with Crippen molar-refractivity contribution in [3.8, 4) is 0 Å². The smallest absolute Gasteiger partial charge is 0.0127 e. The van der Waals surface area contributed by atoms with Crippen molar-refractivity contribution >= 4 is 0 Å². The first kappa shape index (κ1) is 10.0. The molecular formula is C11H23N. The fourth-order valence-corrected chi connectivity index (χ4v) is 1.67. The highest BCUT2D eigenvalue weighted by Gasteiger charge is 2.28. The maximum atomic E-state index is 3.69. The first-order valence-corrected chi connectivity index (χ1v) is 5.42. The van der Waals surface area contributed by atoms with E-state index in [4.69, 9.17) is 0 Å². The van der Waals surface area contributed by atoms with Crippen LogP contribution in [0.5, 0.6) is 0 Å². The third-order valence-corrected chi connectivity index (χ3v) is 2.58. The van der Waals surface area contributed by atoms with Crippen molar-refractivity contribution in [1.82, 2.24) is 5.32 Å². The Hall–Kier alpha value is -0.0400. The molecule has 1 N–H and O–H groups in total. The number of unbranched alkanes of at least 4 members (excludes halogenated alkanes) is 2. The lowest BCUT2D eigenvalue weighted by molar-refractivity contribution is 0.346. The standard InChI is InChI=1S/C11H23N/c1-4-5-6-9-11(2,3)12-10-7-8-10/h10,12H,4-9H2,1-3H3. The maximum Gasteiger partial charge on any atom is 0.0127 e. The quantitative estimate of drug-likeness (QED) is 0.602. The van der Waals surface area contributed by atoms with Gasteiger partial charge in [-0.1, -0.05) is 26.2 Å². The van der Waals surface area contributed by atoms with E-state index in [1.165, 1.54) is 38.5 Å². The van der Waals surface area contributed by atoms with Gasteiger partial charge in [0, 0.05) is 11.6 Å². The molecule has 1 fully saturated rings. The van der Waals surface area contributed by atoms with Gasteiger partial charge >= 0.3 is 0 Å². The normalized spacial score (nSPS) is 18.2. The fraction of sp³-hybridized carbons (Fsp3) is 1.00. The summed E-state index contributed by atoms with van der Waals surface area (Å²) in [4.78, 5) is 0. The van der Waals surface area contributed by atoms with Crippen LogP contribution in [0.4, 0.5) is 0 Å². The molecule has 0 amide bonds. The van der Waals surface area contributed by atoms with Gasteiger partial charge in [-0.05, 0) is 33.1 Å². The van der Waals surface area contributed by atoms with Crippen molar-refractivity contribution < 1.29 is 0 Å². The largest absolute Gasteiger partial charge is 0.309 e. The second-order valence-electron chi connectivity index (χ2n) is 4.76. The summed E-state index contributed by atoms with van der Waals surface area (Å²) in [5.74, 6) is 0. The molecule has 1 aliphatic rings. The Bertz CT molecular complexity index is 125. The molecule has 1 aliphatic carbocycles. The number of hydrogen-bond donors (Lipinski definition) is 1. The molecule has 0 bridgehead atoms. The molecule has 0 aromatic rings. The van der Waals surface area contributed by atoms with Gasteiger partial charge in [-0.25, -0.2) is 0 Å².